The summed E-state index contributed by atoms with van der Waals surface area (Å²) in [5.41, 5.74) is 7.86. The Bertz CT molecular complexity index is 527. The van der Waals surface area contributed by atoms with Crippen LogP contribution in [0.25, 0.3) is 0 Å². The number of amidine groups is 1. The van der Waals surface area contributed by atoms with Gasteiger partial charge in [-0.25, -0.2) is 0 Å². The Hall–Kier alpha value is -2.09. The minimum Gasteiger partial charge on any atom is -0.388 e. The lowest BCUT2D eigenvalue weighted by molar-refractivity contribution is 0.386. The van der Waals surface area contributed by atoms with Gasteiger partial charge in [0.05, 0.1) is 5.84 Å². The zero-order valence-corrected chi connectivity index (χ0v) is 12.4. The van der Waals surface area contributed by atoms with Crippen LogP contribution in [0.15, 0.2) is 65.7 Å². The van der Waals surface area contributed by atoms with Crippen LogP contribution in [0, 0.1) is 5.92 Å². The molecule has 0 radical (unpaired) electrons. The van der Waals surface area contributed by atoms with Gasteiger partial charge in [0.15, 0.2) is 0 Å². The predicted molar refractivity (Wildman–Crippen MR) is 85.8 cm³/mol. The topological polar surface area (TPSA) is 38.4 Å². The summed E-state index contributed by atoms with van der Waals surface area (Å²) in [6, 6.07) is 20.8. The van der Waals surface area contributed by atoms with Crippen LogP contribution >= 0.6 is 0 Å². The number of rotatable bonds is 4. The van der Waals surface area contributed by atoms with Crippen LogP contribution in [0.1, 0.15) is 31.9 Å². The third-order valence-electron chi connectivity index (χ3n) is 3.62. The summed E-state index contributed by atoms with van der Waals surface area (Å²) in [5.74, 6) is 0.900. The van der Waals surface area contributed by atoms with Gasteiger partial charge in [-0.3, -0.25) is 4.99 Å². The second kappa shape index (κ2) is 5.91. The molecule has 0 amide bonds. The second-order valence-electron chi connectivity index (χ2n) is 5.41. The molecule has 2 heteroatoms. The van der Waals surface area contributed by atoms with Crippen LogP contribution in [-0.4, -0.2) is 5.84 Å². The summed E-state index contributed by atoms with van der Waals surface area (Å²) in [5, 5.41) is 0. The molecule has 0 fully saturated rings. The molecule has 0 heterocycles. The molecule has 2 nitrogen and oxygen atoms in total. The number of aliphatic imine (C=N–C) groups is 1. The fraction of sp³-hybridized carbons (Fsp3) is 0.278. The highest BCUT2D eigenvalue weighted by atomic mass is 14.9. The molecule has 0 spiro atoms. The van der Waals surface area contributed by atoms with E-state index < -0.39 is 5.54 Å². The van der Waals surface area contributed by atoms with E-state index in [4.69, 9.17) is 10.7 Å². The fourth-order valence-electron chi connectivity index (χ4n) is 2.75. The number of nitrogens with zero attached hydrogens (tertiary/aromatic N) is 1. The lowest BCUT2D eigenvalue weighted by Gasteiger charge is -2.35. The monoisotopic (exact) mass is 266 g/mol. The third-order valence-corrected chi connectivity index (χ3v) is 3.62. The van der Waals surface area contributed by atoms with Crippen molar-refractivity contribution in [2.75, 3.05) is 0 Å². The summed E-state index contributed by atoms with van der Waals surface area (Å²) in [4.78, 5) is 4.84. The minimum atomic E-state index is -0.429. The molecule has 0 bridgehead atoms. The molecule has 2 N–H and O–H groups in total. The Morgan fingerprint density at radius 3 is 1.60 bits per heavy atom. The van der Waals surface area contributed by atoms with Crippen LogP contribution in [0.2, 0.25) is 0 Å². The van der Waals surface area contributed by atoms with E-state index in [0.29, 0.717) is 11.8 Å². The summed E-state index contributed by atoms with van der Waals surface area (Å²) in [6.45, 7) is 6.22. The summed E-state index contributed by atoms with van der Waals surface area (Å²) >= 11 is 0. The first-order chi connectivity index (χ1) is 9.57. The fourth-order valence-corrected chi connectivity index (χ4v) is 2.75. The number of nitrogens with two attached hydrogens (primary N) is 1. The summed E-state index contributed by atoms with van der Waals surface area (Å²) in [7, 11) is 0. The van der Waals surface area contributed by atoms with E-state index in [2.05, 4.69) is 62.4 Å². The molecule has 104 valence electrons. The van der Waals surface area contributed by atoms with Gasteiger partial charge in [0.25, 0.3) is 0 Å². The molecule has 2 aromatic rings. The van der Waals surface area contributed by atoms with E-state index in [9.17, 15) is 0 Å². The van der Waals surface area contributed by atoms with Crippen molar-refractivity contribution >= 4 is 5.84 Å². The van der Waals surface area contributed by atoms with Gasteiger partial charge in [0, 0.05) is 0 Å². The second-order valence-corrected chi connectivity index (χ2v) is 5.41. The summed E-state index contributed by atoms with van der Waals surface area (Å²) in [6.07, 6.45) is 0. The van der Waals surface area contributed by atoms with Gasteiger partial charge in [-0.2, -0.15) is 0 Å². The number of hydrogen-bond donors (Lipinski definition) is 1. The van der Waals surface area contributed by atoms with Gasteiger partial charge in [-0.1, -0.05) is 74.5 Å². The Balaban J connectivity index is 2.73. The maximum absolute atomic E-state index is 5.94. The van der Waals surface area contributed by atoms with Crippen molar-refractivity contribution in [1.29, 1.82) is 0 Å². The number of benzene rings is 2. The van der Waals surface area contributed by atoms with Crippen LogP contribution in [0.3, 0.4) is 0 Å². The van der Waals surface area contributed by atoms with Crippen molar-refractivity contribution in [3.63, 3.8) is 0 Å². The van der Waals surface area contributed by atoms with E-state index in [1.807, 2.05) is 19.1 Å². The van der Waals surface area contributed by atoms with Crippen molar-refractivity contribution in [1.82, 2.24) is 0 Å². The molecule has 0 atom stereocenters. The van der Waals surface area contributed by atoms with Gasteiger partial charge >= 0.3 is 0 Å². The van der Waals surface area contributed by atoms with Crippen molar-refractivity contribution in [3.8, 4) is 0 Å². The van der Waals surface area contributed by atoms with Crippen molar-refractivity contribution in [2.24, 2.45) is 16.6 Å². The Labute approximate surface area is 121 Å². The van der Waals surface area contributed by atoms with E-state index >= 15 is 0 Å². The first kappa shape index (κ1) is 14.3. The van der Waals surface area contributed by atoms with Gasteiger partial charge in [0.2, 0.25) is 0 Å². The van der Waals surface area contributed by atoms with E-state index in [-0.39, 0.29) is 0 Å². The summed E-state index contributed by atoms with van der Waals surface area (Å²) < 4.78 is 0. The molecule has 0 aromatic heterocycles. The molecular formula is C18H22N2. The predicted octanol–water partition coefficient (Wildman–Crippen LogP) is 3.96. The highest BCUT2D eigenvalue weighted by molar-refractivity contribution is 5.78. The molecule has 2 aromatic carbocycles. The molecule has 0 aliphatic carbocycles. The largest absolute Gasteiger partial charge is 0.388 e. The van der Waals surface area contributed by atoms with Crippen molar-refractivity contribution in [2.45, 2.75) is 26.3 Å². The average molecular weight is 266 g/mol. The molecule has 0 saturated heterocycles. The first-order valence-electron chi connectivity index (χ1n) is 7.00. The highest BCUT2D eigenvalue weighted by Crippen LogP contribution is 2.40. The van der Waals surface area contributed by atoms with Gasteiger partial charge in [-0.15, -0.1) is 0 Å². The zero-order chi connectivity index (χ0) is 14.6. The normalized spacial score (nSPS) is 12.7. The van der Waals surface area contributed by atoms with Crippen molar-refractivity contribution < 1.29 is 0 Å². The molecular weight excluding hydrogens is 244 g/mol. The highest BCUT2D eigenvalue weighted by Gasteiger charge is 2.37. The van der Waals surface area contributed by atoms with Gasteiger partial charge in [0.1, 0.15) is 5.54 Å². The molecule has 2 rings (SSSR count). The quantitative estimate of drug-likeness (QED) is 0.660. The third kappa shape index (κ3) is 2.60. The van der Waals surface area contributed by atoms with E-state index in [1.165, 1.54) is 11.1 Å². The molecule has 0 aliphatic heterocycles. The maximum Gasteiger partial charge on any atom is 0.115 e. The maximum atomic E-state index is 5.94. The first-order valence-corrected chi connectivity index (χ1v) is 7.00. The molecule has 0 aliphatic rings. The lowest BCUT2D eigenvalue weighted by Crippen LogP contribution is -2.34. The van der Waals surface area contributed by atoms with Crippen LogP contribution < -0.4 is 5.73 Å². The SMILES string of the molecule is CC(N)=NC(c1ccccc1)(c1ccccc1)C(C)C. The zero-order valence-electron chi connectivity index (χ0n) is 12.4. The Kier molecular flexibility index (Phi) is 4.23. The van der Waals surface area contributed by atoms with Crippen molar-refractivity contribution in [3.05, 3.63) is 71.8 Å². The van der Waals surface area contributed by atoms with Crippen LogP contribution in [0.5, 0.6) is 0 Å². The smallest absolute Gasteiger partial charge is 0.115 e. The Morgan fingerprint density at radius 2 is 1.30 bits per heavy atom. The standard InChI is InChI=1S/C18H22N2/c1-14(2)18(20-15(3)19,16-10-6-4-7-11-16)17-12-8-5-9-13-17/h4-14H,1-3H3,(H2,19,20). The van der Waals surface area contributed by atoms with Crippen LogP contribution in [-0.2, 0) is 5.54 Å². The Morgan fingerprint density at radius 1 is 0.900 bits per heavy atom. The average Bonchev–Trinajstić information content (AvgIpc) is 2.46. The number of hydrogen-bond acceptors (Lipinski definition) is 1. The minimum absolute atomic E-state index is 0.297. The lowest BCUT2D eigenvalue weighted by atomic mass is 9.75. The van der Waals surface area contributed by atoms with Crippen LogP contribution in [0.4, 0.5) is 0 Å². The van der Waals surface area contributed by atoms with Gasteiger partial charge < -0.3 is 5.73 Å². The van der Waals surface area contributed by atoms with Gasteiger partial charge in [-0.05, 0) is 24.0 Å². The van der Waals surface area contributed by atoms with E-state index in [0.717, 1.165) is 0 Å². The van der Waals surface area contributed by atoms with E-state index in [1.54, 1.807) is 0 Å². The molecule has 20 heavy (non-hydrogen) atoms. The molecule has 0 unspecified atom stereocenters. The molecule has 0 saturated carbocycles.